The number of ether oxygens (including phenoxy) is 1. The van der Waals surface area contributed by atoms with E-state index in [4.69, 9.17) is 10.5 Å². The number of hydrogen-bond acceptors (Lipinski definition) is 3. The molecule has 90 valence electrons. The van der Waals surface area contributed by atoms with E-state index in [0.717, 1.165) is 17.1 Å². The molecule has 4 heteroatoms. The standard InChI is InChI=1S/C13H17N3O/c1-9(2)17-11-5-3-10(4-6-11)12(14)13-15-7-8-16-13/h3-9,12H,14H2,1-2H3,(H,15,16). The fourth-order valence-corrected chi connectivity index (χ4v) is 1.63. The highest BCUT2D eigenvalue weighted by atomic mass is 16.5. The second kappa shape index (κ2) is 5.01. The van der Waals surface area contributed by atoms with Gasteiger partial charge in [0.2, 0.25) is 0 Å². The van der Waals surface area contributed by atoms with E-state index in [1.807, 2.05) is 38.1 Å². The number of imidazole rings is 1. The minimum Gasteiger partial charge on any atom is -0.491 e. The van der Waals surface area contributed by atoms with Gasteiger partial charge in [0.05, 0.1) is 12.1 Å². The summed E-state index contributed by atoms with van der Waals surface area (Å²) in [6.07, 6.45) is 3.65. The molecule has 0 amide bonds. The minimum absolute atomic E-state index is 0.180. The first-order valence-electron chi connectivity index (χ1n) is 5.68. The van der Waals surface area contributed by atoms with Crippen LogP contribution in [0.25, 0.3) is 0 Å². The van der Waals surface area contributed by atoms with Crippen molar-refractivity contribution in [3.63, 3.8) is 0 Å². The molecule has 3 N–H and O–H groups in total. The molecule has 0 saturated heterocycles. The maximum absolute atomic E-state index is 6.08. The van der Waals surface area contributed by atoms with Gasteiger partial charge in [-0.05, 0) is 31.5 Å². The van der Waals surface area contributed by atoms with E-state index >= 15 is 0 Å². The summed E-state index contributed by atoms with van der Waals surface area (Å²) in [5.74, 6) is 1.62. The van der Waals surface area contributed by atoms with Crippen LogP contribution >= 0.6 is 0 Å². The van der Waals surface area contributed by atoms with Crippen LogP contribution < -0.4 is 10.5 Å². The Morgan fingerprint density at radius 2 is 1.94 bits per heavy atom. The van der Waals surface area contributed by atoms with Gasteiger partial charge in [-0.15, -0.1) is 0 Å². The Morgan fingerprint density at radius 1 is 1.24 bits per heavy atom. The Bertz CT molecular complexity index is 448. The van der Waals surface area contributed by atoms with Crippen LogP contribution in [-0.2, 0) is 0 Å². The summed E-state index contributed by atoms with van der Waals surface area (Å²) in [5, 5.41) is 0. The number of H-pyrrole nitrogens is 1. The van der Waals surface area contributed by atoms with Crippen LogP contribution in [0, 0.1) is 0 Å². The zero-order valence-corrected chi connectivity index (χ0v) is 10.1. The second-order valence-electron chi connectivity index (χ2n) is 4.19. The van der Waals surface area contributed by atoms with Crippen molar-refractivity contribution in [2.24, 2.45) is 5.73 Å². The zero-order valence-electron chi connectivity index (χ0n) is 10.1. The summed E-state index contributed by atoms with van der Waals surface area (Å²) in [5.41, 5.74) is 7.09. The minimum atomic E-state index is -0.224. The highest BCUT2D eigenvalue weighted by Crippen LogP contribution is 2.20. The lowest BCUT2D eigenvalue weighted by Crippen LogP contribution is -2.13. The van der Waals surface area contributed by atoms with Crippen LogP contribution in [0.15, 0.2) is 36.7 Å². The van der Waals surface area contributed by atoms with Crippen molar-refractivity contribution < 1.29 is 4.74 Å². The highest BCUT2D eigenvalue weighted by Gasteiger charge is 2.10. The molecule has 0 aliphatic rings. The van der Waals surface area contributed by atoms with Crippen LogP contribution in [0.1, 0.15) is 31.3 Å². The normalized spacial score (nSPS) is 12.7. The van der Waals surface area contributed by atoms with E-state index in [9.17, 15) is 0 Å². The summed E-state index contributed by atoms with van der Waals surface area (Å²) in [7, 11) is 0. The van der Waals surface area contributed by atoms with E-state index in [1.165, 1.54) is 0 Å². The highest BCUT2D eigenvalue weighted by molar-refractivity contribution is 5.31. The van der Waals surface area contributed by atoms with Crippen LogP contribution in [0.2, 0.25) is 0 Å². The Hall–Kier alpha value is -1.81. The first-order valence-corrected chi connectivity index (χ1v) is 5.68. The molecule has 1 aromatic carbocycles. The van der Waals surface area contributed by atoms with Gasteiger partial charge in [0.15, 0.2) is 0 Å². The Kier molecular flexibility index (Phi) is 3.44. The number of aromatic nitrogens is 2. The molecular formula is C13H17N3O. The summed E-state index contributed by atoms with van der Waals surface area (Å²) < 4.78 is 5.58. The van der Waals surface area contributed by atoms with E-state index < -0.39 is 0 Å². The molecule has 4 nitrogen and oxygen atoms in total. The van der Waals surface area contributed by atoms with E-state index in [0.29, 0.717) is 0 Å². The predicted molar refractivity (Wildman–Crippen MR) is 66.8 cm³/mol. The maximum atomic E-state index is 6.08. The molecule has 0 aliphatic carbocycles. The quantitative estimate of drug-likeness (QED) is 0.848. The molecule has 1 heterocycles. The largest absolute Gasteiger partial charge is 0.491 e. The van der Waals surface area contributed by atoms with Gasteiger partial charge in [0, 0.05) is 12.4 Å². The van der Waals surface area contributed by atoms with Crippen molar-refractivity contribution in [3.05, 3.63) is 48.0 Å². The van der Waals surface area contributed by atoms with Crippen molar-refractivity contribution in [3.8, 4) is 5.75 Å². The molecule has 17 heavy (non-hydrogen) atoms. The topological polar surface area (TPSA) is 63.9 Å². The summed E-state index contributed by atoms with van der Waals surface area (Å²) in [6, 6.07) is 7.56. The lowest BCUT2D eigenvalue weighted by atomic mass is 10.1. The number of nitrogens with two attached hydrogens (primary N) is 1. The van der Waals surface area contributed by atoms with Gasteiger partial charge in [0.25, 0.3) is 0 Å². The van der Waals surface area contributed by atoms with Gasteiger partial charge >= 0.3 is 0 Å². The molecule has 2 rings (SSSR count). The van der Waals surface area contributed by atoms with Crippen molar-refractivity contribution in [1.82, 2.24) is 9.97 Å². The van der Waals surface area contributed by atoms with Crippen molar-refractivity contribution in [1.29, 1.82) is 0 Å². The van der Waals surface area contributed by atoms with Crippen molar-refractivity contribution in [2.75, 3.05) is 0 Å². The molecule has 1 aromatic heterocycles. The van der Waals surface area contributed by atoms with Gasteiger partial charge in [0.1, 0.15) is 11.6 Å². The molecule has 1 atom stereocenters. The van der Waals surface area contributed by atoms with Gasteiger partial charge in [-0.1, -0.05) is 12.1 Å². The first-order chi connectivity index (χ1) is 8.16. The molecule has 0 radical (unpaired) electrons. The third-order valence-corrected chi connectivity index (χ3v) is 2.42. The lowest BCUT2D eigenvalue weighted by Gasteiger charge is -2.12. The Balaban J connectivity index is 2.12. The number of aromatic amines is 1. The molecule has 0 bridgehead atoms. The average molecular weight is 231 g/mol. The number of benzene rings is 1. The summed E-state index contributed by atoms with van der Waals surface area (Å²) in [6.45, 7) is 4.00. The van der Waals surface area contributed by atoms with Crippen LogP contribution in [-0.4, -0.2) is 16.1 Å². The van der Waals surface area contributed by atoms with E-state index in [-0.39, 0.29) is 12.1 Å². The van der Waals surface area contributed by atoms with Crippen LogP contribution in [0.3, 0.4) is 0 Å². The van der Waals surface area contributed by atoms with Crippen LogP contribution in [0.4, 0.5) is 0 Å². The number of rotatable bonds is 4. The fourth-order valence-electron chi connectivity index (χ4n) is 1.63. The van der Waals surface area contributed by atoms with Gasteiger partial charge in [-0.2, -0.15) is 0 Å². The second-order valence-corrected chi connectivity index (χ2v) is 4.19. The third kappa shape index (κ3) is 2.85. The zero-order chi connectivity index (χ0) is 12.3. The first kappa shape index (κ1) is 11.7. The average Bonchev–Trinajstić information content (AvgIpc) is 2.82. The Morgan fingerprint density at radius 3 is 2.47 bits per heavy atom. The smallest absolute Gasteiger partial charge is 0.127 e. The van der Waals surface area contributed by atoms with Crippen molar-refractivity contribution in [2.45, 2.75) is 26.0 Å². The van der Waals surface area contributed by atoms with Gasteiger partial charge < -0.3 is 15.5 Å². The number of hydrogen-bond donors (Lipinski definition) is 2. The SMILES string of the molecule is CC(C)Oc1ccc(C(N)c2ncc[nH]2)cc1. The lowest BCUT2D eigenvalue weighted by molar-refractivity contribution is 0.242. The molecular weight excluding hydrogens is 214 g/mol. The summed E-state index contributed by atoms with van der Waals surface area (Å²) >= 11 is 0. The number of nitrogens with one attached hydrogen (secondary N) is 1. The molecule has 0 aliphatic heterocycles. The molecule has 0 spiro atoms. The predicted octanol–water partition coefficient (Wildman–Crippen LogP) is 2.25. The van der Waals surface area contributed by atoms with Gasteiger partial charge in [-0.3, -0.25) is 0 Å². The van der Waals surface area contributed by atoms with Crippen LogP contribution in [0.5, 0.6) is 5.75 Å². The van der Waals surface area contributed by atoms with Gasteiger partial charge in [-0.25, -0.2) is 4.98 Å². The summed E-state index contributed by atoms with van der Waals surface area (Å²) in [4.78, 5) is 7.17. The third-order valence-electron chi connectivity index (χ3n) is 2.42. The van der Waals surface area contributed by atoms with E-state index in [1.54, 1.807) is 12.4 Å². The molecule has 0 fully saturated rings. The Labute approximate surface area is 101 Å². The van der Waals surface area contributed by atoms with E-state index in [2.05, 4.69) is 9.97 Å². The molecule has 2 aromatic rings. The van der Waals surface area contributed by atoms with Crippen molar-refractivity contribution >= 4 is 0 Å². The fraction of sp³-hybridized carbons (Fsp3) is 0.308. The number of nitrogens with zero attached hydrogens (tertiary/aromatic N) is 1. The monoisotopic (exact) mass is 231 g/mol. The maximum Gasteiger partial charge on any atom is 0.127 e. The molecule has 1 unspecified atom stereocenters. The molecule has 0 saturated carbocycles.